The predicted octanol–water partition coefficient (Wildman–Crippen LogP) is 2.82. The van der Waals surface area contributed by atoms with E-state index in [0.29, 0.717) is 0 Å². The van der Waals surface area contributed by atoms with Crippen LogP contribution in [0.2, 0.25) is 0 Å². The van der Waals surface area contributed by atoms with Crippen LogP contribution in [-0.4, -0.2) is 17.3 Å². The third-order valence-electron chi connectivity index (χ3n) is 1.94. The Bertz CT molecular complexity index is 184. The highest BCUT2D eigenvalue weighted by Gasteiger charge is 2.17. The second kappa shape index (κ2) is 3.86. The summed E-state index contributed by atoms with van der Waals surface area (Å²) in [7, 11) is 0. The Hall–Kier alpha value is -0.370. The van der Waals surface area contributed by atoms with E-state index < -0.39 is 0 Å². The second-order valence-electron chi connectivity index (χ2n) is 2.50. The Labute approximate surface area is 73.2 Å². The molecule has 0 amide bonds. The van der Waals surface area contributed by atoms with Crippen molar-refractivity contribution < 1.29 is 0 Å². The fraction of sp³-hybridized carbons (Fsp3) is 0.556. The first-order chi connectivity index (χ1) is 5.33. The van der Waals surface area contributed by atoms with Crippen LogP contribution < -0.4 is 0 Å². The number of hydrogen-bond donors (Lipinski definition) is 0. The van der Waals surface area contributed by atoms with Crippen molar-refractivity contribution in [3.05, 3.63) is 23.3 Å². The number of nitrogens with zero attached hydrogens (tertiary/aromatic N) is 1. The largest absolute Gasteiger partial charge is 0.365 e. The summed E-state index contributed by atoms with van der Waals surface area (Å²) >= 11 is 1.90. The van der Waals surface area contributed by atoms with Gasteiger partial charge in [-0.1, -0.05) is 19.6 Å². The molecule has 0 aromatic heterocycles. The molecule has 2 heteroatoms. The van der Waals surface area contributed by atoms with E-state index >= 15 is 0 Å². The lowest BCUT2D eigenvalue weighted by atomic mass is 10.3. The van der Waals surface area contributed by atoms with Crippen molar-refractivity contribution in [2.24, 2.45) is 0 Å². The summed E-state index contributed by atoms with van der Waals surface area (Å²) in [5.74, 6) is 1.11. The third-order valence-corrected chi connectivity index (χ3v) is 3.10. The zero-order valence-corrected chi connectivity index (χ0v) is 8.08. The SMILES string of the molecule is C=CC1=C(CC)N(CC)CS1. The number of allylic oxidation sites excluding steroid dienone is 2. The maximum atomic E-state index is 3.80. The lowest BCUT2D eigenvalue weighted by molar-refractivity contribution is 0.420. The topological polar surface area (TPSA) is 3.24 Å². The second-order valence-corrected chi connectivity index (χ2v) is 3.48. The Kier molecular flexibility index (Phi) is 3.06. The van der Waals surface area contributed by atoms with Gasteiger partial charge in [0, 0.05) is 17.1 Å². The molecule has 1 aliphatic heterocycles. The van der Waals surface area contributed by atoms with Crippen molar-refractivity contribution in [2.75, 3.05) is 12.4 Å². The molecule has 1 aliphatic rings. The number of rotatable bonds is 3. The molecule has 1 heterocycles. The van der Waals surface area contributed by atoms with E-state index in [2.05, 4.69) is 25.3 Å². The maximum Gasteiger partial charge on any atom is 0.0683 e. The van der Waals surface area contributed by atoms with E-state index in [9.17, 15) is 0 Å². The lowest BCUT2D eigenvalue weighted by Gasteiger charge is -2.17. The van der Waals surface area contributed by atoms with Crippen LogP contribution in [0.5, 0.6) is 0 Å². The smallest absolute Gasteiger partial charge is 0.0683 e. The average molecular weight is 169 g/mol. The minimum atomic E-state index is 1.11. The van der Waals surface area contributed by atoms with Gasteiger partial charge in [0.2, 0.25) is 0 Å². The predicted molar refractivity (Wildman–Crippen MR) is 52.4 cm³/mol. The summed E-state index contributed by atoms with van der Waals surface area (Å²) in [6, 6.07) is 0. The first-order valence-corrected chi connectivity index (χ1v) is 5.05. The van der Waals surface area contributed by atoms with Crippen LogP contribution in [0.1, 0.15) is 20.3 Å². The highest BCUT2D eigenvalue weighted by Crippen LogP contribution is 2.33. The normalized spacial score (nSPS) is 17.8. The van der Waals surface area contributed by atoms with E-state index in [1.54, 1.807) is 0 Å². The molecular formula is C9H15NS. The molecule has 0 fully saturated rings. The summed E-state index contributed by atoms with van der Waals surface area (Å²) in [4.78, 5) is 3.77. The number of thioether (sulfide) groups is 1. The van der Waals surface area contributed by atoms with E-state index in [1.807, 2.05) is 17.8 Å². The van der Waals surface area contributed by atoms with Crippen LogP contribution in [0.25, 0.3) is 0 Å². The fourth-order valence-corrected chi connectivity index (χ4v) is 2.51. The van der Waals surface area contributed by atoms with Gasteiger partial charge >= 0.3 is 0 Å². The van der Waals surface area contributed by atoms with Crippen molar-refractivity contribution in [2.45, 2.75) is 20.3 Å². The zero-order chi connectivity index (χ0) is 8.27. The molecular weight excluding hydrogens is 154 g/mol. The molecule has 62 valence electrons. The molecule has 0 aliphatic carbocycles. The van der Waals surface area contributed by atoms with Gasteiger partial charge in [-0.2, -0.15) is 0 Å². The molecule has 0 unspecified atom stereocenters. The van der Waals surface area contributed by atoms with Gasteiger partial charge in [0.05, 0.1) is 5.88 Å². The van der Waals surface area contributed by atoms with Crippen molar-refractivity contribution in [1.29, 1.82) is 0 Å². The van der Waals surface area contributed by atoms with Crippen LogP contribution in [-0.2, 0) is 0 Å². The van der Waals surface area contributed by atoms with Gasteiger partial charge in [0.1, 0.15) is 0 Å². The summed E-state index contributed by atoms with van der Waals surface area (Å²) < 4.78 is 0. The molecule has 0 saturated heterocycles. The van der Waals surface area contributed by atoms with E-state index in [-0.39, 0.29) is 0 Å². The first kappa shape index (κ1) is 8.72. The Morgan fingerprint density at radius 1 is 1.64 bits per heavy atom. The Balaban J connectivity index is 2.78. The lowest BCUT2D eigenvalue weighted by Crippen LogP contribution is -2.17. The highest BCUT2D eigenvalue weighted by atomic mass is 32.2. The molecule has 0 bridgehead atoms. The molecule has 0 atom stereocenters. The quantitative estimate of drug-likeness (QED) is 0.639. The maximum absolute atomic E-state index is 3.80. The molecule has 0 aromatic carbocycles. The first-order valence-electron chi connectivity index (χ1n) is 4.06. The Morgan fingerprint density at radius 3 is 2.82 bits per heavy atom. The average Bonchev–Trinajstić information content (AvgIpc) is 2.45. The fourth-order valence-electron chi connectivity index (χ4n) is 1.32. The molecule has 0 aromatic rings. The van der Waals surface area contributed by atoms with Gasteiger partial charge in [-0.25, -0.2) is 0 Å². The summed E-state index contributed by atoms with van der Waals surface area (Å²) in [6.07, 6.45) is 3.10. The van der Waals surface area contributed by atoms with Gasteiger partial charge in [0.15, 0.2) is 0 Å². The van der Waals surface area contributed by atoms with Crippen molar-refractivity contribution in [3.8, 4) is 0 Å². The summed E-state index contributed by atoms with van der Waals surface area (Å²) in [5, 5.41) is 0. The van der Waals surface area contributed by atoms with Crippen molar-refractivity contribution in [3.63, 3.8) is 0 Å². The molecule has 1 rings (SSSR count). The van der Waals surface area contributed by atoms with Crippen molar-refractivity contribution in [1.82, 2.24) is 4.90 Å². The summed E-state index contributed by atoms with van der Waals surface area (Å²) in [5.41, 5.74) is 1.47. The molecule has 0 radical (unpaired) electrons. The van der Waals surface area contributed by atoms with Crippen LogP contribution in [0, 0.1) is 0 Å². The van der Waals surface area contributed by atoms with Crippen LogP contribution in [0.15, 0.2) is 23.3 Å². The molecule has 0 N–H and O–H groups in total. The van der Waals surface area contributed by atoms with Gasteiger partial charge in [-0.05, 0) is 13.3 Å². The minimum Gasteiger partial charge on any atom is -0.365 e. The Morgan fingerprint density at radius 2 is 2.36 bits per heavy atom. The highest BCUT2D eigenvalue weighted by molar-refractivity contribution is 8.03. The summed E-state index contributed by atoms with van der Waals surface area (Å²) in [6.45, 7) is 9.32. The minimum absolute atomic E-state index is 1.11. The monoisotopic (exact) mass is 169 g/mol. The molecule has 11 heavy (non-hydrogen) atoms. The van der Waals surface area contributed by atoms with E-state index in [0.717, 1.165) is 18.8 Å². The van der Waals surface area contributed by atoms with E-state index in [1.165, 1.54) is 10.6 Å². The van der Waals surface area contributed by atoms with Crippen LogP contribution >= 0.6 is 11.8 Å². The van der Waals surface area contributed by atoms with Gasteiger partial charge < -0.3 is 4.90 Å². The third kappa shape index (κ3) is 1.62. The van der Waals surface area contributed by atoms with Gasteiger partial charge in [-0.15, -0.1) is 11.8 Å². The molecule has 0 saturated carbocycles. The standard InChI is InChI=1S/C9H15NS/c1-4-8-9(5-2)11-7-10(8)6-3/h5H,2,4,6-7H2,1,3H3. The van der Waals surface area contributed by atoms with Crippen LogP contribution in [0.4, 0.5) is 0 Å². The van der Waals surface area contributed by atoms with Crippen molar-refractivity contribution >= 4 is 11.8 Å². The van der Waals surface area contributed by atoms with Gasteiger partial charge in [-0.3, -0.25) is 0 Å². The molecule has 1 nitrogen and oxygen atoms in total. The number of hydrogen-bond acceptors (Lipinski definition) is 2. The van der Waals surface area contributed by atoms with Crippen LogP contribution in [0.3, 0.4) is 0 Å². The molecule has 0 spiro atoms. The van der Waals surface area contributed by atoms with E-state index in [4.69, 9.17) is 0 Å². The zero-order valence-electron chi connectivity index (χ0n) is 7.26. The van der Waals surface area contributed by atoms with Gasteiger partial charge in [0.25, 0.3) is 0 Å².